The van der Waals surface area contributed by atoms with Crippen molar-refractivity contribution in [2.24, 2.45) is 11.8 Å². The Morgan fingerprint density at radius 1 is 0.900 bits per heavy atom. The van der Waals surface area contributed by atoms with Crippen LogP contribution in [-0.2, 0) is 22.4 Å². The monoisotopic (exact) mass is 544 g/mol. The Kier molecular flexibility index (Phi) is 10.9. The summed E-state index contributed by atoms with van der Waals surface area (Å²) in [6.45, 7) is 2.78. The maximum Gasteiger partial charge on any atom is 0.337 e. The van der Waals surface area contributed by atoms with Crippen molar-refractivity contribution in [1.29, 1.82) is 0 Å². The van der Waals surface area contributed by atoms with Crippen molar-refractivity contribution in [3.8, 4) is 5.75 Å². The Morgan fingerprint density at radius 3 is 2.30 bits per heavy atom. The van der Waals surface area contributed by atoms with E-state index in [4.69, 9.17) is 9.47 Å². The Morgan fingerprint density at radius 2 is 1.60 bits per heavy atom. The molecule has 0 radical (unpaired) electrons. The fourth-order valence-corrected chi connectivity index (χ4v) is 5.81. The number of ether oxygens (including phenoxy) is 2. The highest BCUT2D eigenvalue weighted by atomic mass is 19.1. The van der Waals surface area contributed by atoms with Gasteiger partial charge in [0.15, 0.2) is 0 Å². The van der Waals surface area contributed by atoms with Gasteiger partial charge in [0.2, 0.25) is 0 Å². The van der Waals surface area contributed by atoms with Crippen LogP contribution in [0.5, 0.6) is 5.75 Å². The second-order valence-corrected chi connectivity index (χ2v) is 11.1. The van der Waals surface area contributed by atoms with Gasteiger partial charge in [0, 0.05) is 12.3 Å². The lowest BCUT2D eigenvalue weighted by atomic mass is 9.78. The van der Waals surface area contributed by atoms with Crippen LogP contribution in [0.4, 0.5) is 4.39 Å². The van der Waals surface area contributed by atoms with Gasteiger partial charge < -0.3 is 9.47 Å². The van der Waals surface area contributed by atoms with Gasteiger partial charge in [-0.2, -0.15) is 0 Å². The minimum atomic E-state index is -0.328. The van der Waals surface area contributed by atoms with Crippen LogP contribution in [0.3, 0.4) is 0 Å². The van der Waals surface area contributed by atoms with Crippen LogP contribution in [0.15, 0.2) is 72.8 Å². The quantitative estimate of drug-likeness (QED) is 0.171. The molecule has 0 spiro atoms. The zero-order valence-electron chi connectivity index (χ0n) is 23.7. The number of Topliss-reactive ketones (excluding diaryl/α,β-unsaturated/α-hetero) is 1. The molecule has 0 amide bonds. The molecule has 3 atom stereocenters. The number of rotatable bonds is 12. The van der Waals surface area contributed by atoms with E-state index < -0.39 is 0 Å². The molecule has 3 aromatic rings. The average molecular weight is 545 g/mol. The number of esters is 1. The van der Waals surface area contributed by atoms with Crippen molar-refractivity contribution in [2.45, 2.75) is 70.6 Å². The molecular weight excluding hydrogens is 503 g/mol. The Labute approximate surface area is 237 Å². The van der Waals surface area contributed by atoms with Gasteiger partial charge in [-0.3, -0.25) is 4.79 Å². The minimum absolute atomic E-state index is 0.0639. The van der Waals surface area contributed by atoms with E-state index in [0.717, 1.165) is 51.4 Å². The summed E-state index contributed by atoms with van der Waals surface area (Å²) in [7, 11) is 1.39. The molecule has 0 bridgehead atoms. The third-order valence-electron chi connectivity index (χ3n) is 8.27. The molecular formula is C35H41FO4. The number of ketones is 1. The van der Waals surface area contributed by atoms with E-state index in [-0.39, 0.29) is 17.7 Å². The van der Waals surface area contributed by atoms with Gasteiger partial charge >= 0.3 is 5.97 Å². The van der Waals surface area contributed by atoms with Gasteiger partial charge in [-0.25, -0.2) is 9.18 Å². The lowest BCUT2D eigenvalue weighted by molar-refractivity contribution is -0.123. The molecule has 0 saturated carbocycles. The second-order valence-electron chi connectivity index (χ2n) is 11.1. The van der Waals surface area contributed by atoms with Crippen LogP contribution in [-0.4, -0.2) is 25.5 Å². The number of carbonyl (C=O) groups excluding carboxylic acids is 2. The van der Waals surface area contributed by atoms with E-state index in [1.165, 1.54) is 35.9 Å². The molecule has 4 rings (SSSR count). The predicted molar refractivity (Wildman–Crippen MR) is 156 cm³/mol. The Bertz CT molecular complexity index is 1240. The lowest BCUT2D eigenvalue weighted by Crippen LogP contribution is -2.23. The van der Waals surface area contributed by atoms with Crippen molar-refractivity contribution in [2.75, 3.05) is 13.7 Å². The third-order valence-corrected chi connectivity index (χ3v) is 8.27. The van der Waals surface area contributed by atoms with Crippen molar-refractivity contribution in [3.63, 3.8) is 0 Å². The van der Waals surface area contributed by atoms with Gasteiger partial charge in [-0.15, -0.1) is 0 Å². The van der Waals surface area contributed by atoms with Crippen LogP contribution in [0.2, 0.25) is 0 Å². The molecule has 3 unspecified atom stereocenters. The van der Waals surface area contributed by atoms with Gasteiger partial charge in [0.25, 0.3) is 0 Å². The predicted octanol–water partition coefficient (Wildman–Crippen LogP) is 8.13. The molecule has 5 heteroatoms. The lowest BCUT2D eigenvalue weighted by Gasteiger charge is -2.26. The second kappa shape index (κ2) is 14.8. The Balaban J connectivity index is 1.28. The summed E-state index contributed by atoms with van der Waals surface area (Å²) in [4.78, 5) is 25.1. The average Bonchev–Trinajstić information content (AvgIpc) is 2.96. The Hall–Kier alpha value is -3.47. The van der Waals surface area contributed by atoms with Gasteiger partial charge in [-0.1, -0.05) is 43.3 Å². The molecule has 0 aromatic heterocycles. The number of methoxy groups -OCH3 is 1. The molecule has 0 heterocycles. The number of carbonyl (C=O) groups is 2. The molecule has 1 aliphatic carbocycles. The molecule has 212 valence electrons. The van der Waals surface area contributed by atoms with Gasteiger partial charge in [0.05, 0.1) is 19.3 Å². The zero-order chi connectivity index (χ0) is 28.3. The number of halogens is 1. The summed E-state index contributed by atoms with van der Waals surface area (Å²) < 4.78 is 23.7. The smallest absolute Gasteiger partial charge is 0.337 e. The van der Waals surface area contributed by atoms with E-state index in [1.807, 2.05) is 12.1 Å². The highest BCUT2D eigenvalue weighted by Gasteiger charge is 2.25. The largest absolute Gasteiger partial charge is 0.494 e. The van der Waals surface area contributed by atoms with E-state index in [0.29, 0.717) is 42.0 Å². The van der Waals surface area contributed by atoms with Crippen LogP contribution >= 0.6 is 0 Å². The van der Waals surface area contributed by atoms with E-state index in [2.05, 4.69) is 31.2 Å². The summed E-state index contributed by atoms with van der Waals surface area (Å²) in [5.41, 5.74) is 4.41. The fraction of sp³-hybridized carbons (Fsp3) is 0.429. The van der Waals surface area contributed by atoms with Crippen LogP contribution < -0.4 is 4.74 Å². The third kappa shape index (κ3) is 8.51. The van der Waals surface area contributed by atoms with Crippen molar-refractivity contribution < 1.29 is 23.5 Å². The molecule has 1 aliphatic rings. The first-order valence-corrected chi connectivity index (χ1v) is 14.6. The minimum Gasteiger partial charge on any atom is -0.494 e. The first-order valence-electron chi connectivity index (χ1n) is 14.6. The molecule has 0 N–H and O–H groups in total. The van der Waals surface area contributed by atoms with Gasteiger partial charge in [-0.05, 0) is 116 Å². The first-order chi connectivity index (χ1) is 19.4. The summed E-state index contributed by atoms with van der Waals surface area (Å²) >= 11 is 0. The molecule has 0 aliphatic heterocycles. The van der Waals surface area contributed by atoms with Crippen molar-refractivity contribution in [1.82, 2.24) is 0 Å². The normalized spacial score (nSPS) is 17.7. The van der Waals surface area contributed by atoms with Crippen molar-refractivity contribution in [3.05, 3.63) is 101 Å². The maximum absolute atomic E-state index is 13.4. The summed E-state index contributed by atoms with van der Waals surface area (Å²) in [5.74, 6) is 1.39. The summed E-state index contributed by atoms with van der Waals surface area (Å²) in [6, 6.07) is 22.3. The zero-order valence-corrected chi connectivity index (χ0v) is 23.7. The van der Waals surface area contributed by atoms with E-state index in [9.17, 15) is 14.0 Å². The molecule has 0 saturated heterocycles. The van der Waals surface area contributed by atoms with Crippen molar-refractivity contribution >= 4 is 11.8 Å². The van der Waals surface area contributed by atoms with Crippen LogP contribution in [0.25, 0.3) is 0 Å². The number of hydrogen-bond donors (Lipinski definition) is 0. The maximum atomic E-state index is 13.4. The SMILES string of the molecule is COC(=O)c1ccc(C(C)CCCC(=O)C2CCC(CCCOc3ccc(F)cc3)Cc3ccccc3C2)cc1. The van der Waals surface area contributed by atoms with Crippen LogP contribution in [0.1, 0.15) is 84.8 Å². The number of fused-ring (bicyclic) bond motifs is 1. The topological polar surface area (TPSA) is 52.6 Å². The highest BCUT2D eigenvalue weighted by Crippen LogP contribution is 2.31. The molecule has 4 nitrogen and oxygen atoms in total. The number of benzene rings is 3. The molecule has 3 aromatic carbocycles. The summed E-state index contributed by atoms with van der Waals surface area (Å²) in [5, 5.41) is 0. The fourth-order valence-electron chi connectivity index (χ4n) is 5.81. The van der Waals surface area contributed by atoms with E-state index >= 15 is 0 Å². The van der Waals surface area contributed by atoms with E-state index in [1.54, 1.807) is 24.3 Å². The molecule has 0 fully saturated rings. The summed E-state index contributed by atoms with van der Waals surface area (Å²) in [6.07, 6.45) is 8.23. The van der Waals surface area contributed by atoms with Gasteiger partial charge in [0.1, 0.15) is 17.3 Å². The van der Waals surface area contributed by atoms with Crippen LogP contribution in [0, 0.1) is 17.7 Å². The molecule has 40 heavy (non-hydrogen) atoms. The number of hydrogen-bond acceptors (Lipinski definition) is 4. The standard InChI is InChI=1S/C35H41FO4/c1-25(27-14-16-28(17-15-27)35(38)39-2)7-5-11-34(37)31-13-12-26(23-29-9-3-4-10-30(29)24-31)8-6-22-40-33-20-18-32(36)19-21-33/h3-4,9-10,14-21,25-26,31H,5-8,11-13,22-24H2,1-2H3. The first kappa shape index (κ1) is 29.5. The highest BCUT2D eigenvalue weighted by molar-refractivity contribution is 5.89.